The quantitative estimate of drug-likeness (QED) is 0.341. The minimum absolute atomic E-state index is 0.163. The molecule has 0 atom stereocenters. The smallest absolute Gasteiger partial charge is 0.466 e. The van der Waals surface area contributed by atoms with Crippen LogP contribution in [0.25, 0.3) is 0 Å². The maximum absolute atomic E-state index is 12.8. The van der Waals surface area contributed by atoms with Gasteiger partial charge in [-0.1, -0.05) is 0 Å². The molecule has 0 spiro atoms. The molecule has 1 rings (SSSR count). The van der Waals surface area contributed by atoms with Crippen LogP contribution in [-0.4, -0.2) is 28.8 Å². The fourth-order valence-corrected chi connectivity index (χ4v) is 1.61. The lowest BCUT2D eigenvalue weighted by molar-refractivity contribution is -0.390. The first kappa shape index (κ1) is 18.5. The van der Waals surface area contributed by atoms with E-state index in [4.69, 9.17) is 0 Å². The van der Waals surface area contributed by atoms with Gasteiger partial charge in [-0.3, -0.25) is 4.79 Å². The number of nitrogens with zero attached hydrogens (tertiary/aromatic N) is 2. The SMILES string of the molecule is CCOC(=O)Cc1c([N+](=O)[O-])ncc(C(F)F)c1OC(F)(F)F. The first-order valence-electron chi connectivity index (χ1n) is 5.92. The average molecular weight is 344 g/mol. The van der Waals surface area contributed by atoms with Crippen molar-refractivity contribution in [2.24, 2.45) is 0 Å². The molecule has 7 nitrogen and oxygen atoms in total. The summed E-state index contributed by atoms with van der Waals surface area (Å²) in [5.41, 5.74) is -2.37. The summed E-state index contributed by atoms with van der Waals surface area (Å²) < 4.78 is 70.8. The highest BCUT2D eigenvalue weighted by Crippen LogP contribution is 2.39. The molecule has 23 heavy (non-hydrogen) atoms. The topological polar surface area (TPSA) is 91.6 Å². The molecule has 0 fully saturated rings. The predicted octanol–water partition coefficient (Wildman–Crippen LogP) is 2.93. The third kappa shape index (κ3) is 5.00. The highest BCUT2D eigenvalue weighted by atomic mass is 19.4. The van der Waals surface area contributed by atoms with Gasteiger partial charge < -0.3 is 19.6 Å². The van der Waals surface area contributed by atoms with Crippen LogP contribution in [0.2, 0.25) is 0 Å². The largest absolute Gasteiger partial charge is 0.573 e. The molecule has 0 N–H and O–H groups in total. The van der Waals surface area contributed by atoms with Crippen LogP contribution in [0.5, 0.6) is 5.75 Å². The van der Waals surface area contributed by atoms with Gasteiger partial charge >= 0.3 is 18.1 Å². The van der Waals surface area contributed by atoms with E-state index in [1.165, 1.54) is 6.92 Å². The molecular weight excluding hydrogens is 335 g/mol. The summed E-state index contributed by atoms with van der Waals surface area (Å²) in [4.78, 5) is 24.1. The van der Waals surface area contributed by atoms with Crippen molar-refractivity contribution in [3.05, 3.63) is 27.4 Å². The maximum Gasteiger partial charge on any atom is 0.573 e. The van der Waals surface area contributed by atoms with Gasteiger partial charge in [0.25, 0.3) is 6.43 Å². The highest BCUT2D eigenvalue weighted by molar-refractivity contribution is 5.75. The number of hydrogen-bond donors (Lipinski definition) is 0. The molecular formula is C11H9F5N2O5. The molecule has 0 unspecified atom stereocenters. The van der Waals surface area contributed by atoms with E-state index in [9.17, 15) is 36.9 Å². The zero-order valence-electron chi connectivity index (χ0n) is 11.4. The number of ether oxygens (including phenoxy) is 2. The minimum Gasteiger partial charge on any atom is -0.466 e. The Morgan fingerprint density at radius 2 is 2.04 bits per heavy atom. The first-order chi connectivity index (χ1) is 10.6. The standard InChI is InChI=1S/C11H9F5N2O5/c1-2-22-7(19)3-5-8(23-11(14,15)16)6(9(12)13)4-17-10(5)18(20)21/h4,9H,2-3H2,1H3. The number of rotatable bonds is 6. The average Bonchev–Trinajstić information content (AvgIpc) is 2.38. The molecule has 0 bridgehead atoms. The van der Waals surface area contributed by atoms with Gasteiger partial charge in [-0.2, -0.15) is 0 Å². The maximum atomic E-state index is 12.8. The molecule has 0 amide bonds. The molecule has 0 radical (unpaired) electrons. The summed E-state index contributed by atoms with van der Waals surface area (Å²) in [6, 6.07) is 0. The molecule has 0 aliphatic carbocycles. The van der Waals surface area contributed by atoms with Gasteiger partial charge in [-0.25, -0.2) is 8.78 Å². The van der Waals surface area contributed by atoms with Crippen molar-refractivity contribution in [3.63, 3.8) is 0 Å². The summed E-state index contributed by atoms with van der Waals surface area (Å²) in [5, 5.41) is 10.8. The van der Waals surface area contributed by atoms with E-state index in [1.807, 2.05) is 0 Å². The van der Waals surface area contributed by atoms with Crippen LogP contribution < -0.4 is 4.74 Å². The van der Waals surface area contributed by atoms with Gasteiger partial charge in [-0.05, 0) is 16.8 Å². The summed E-state index contributed by atoms with van der Waals surface area (Å²) >= 11 is 0. The number of hydrogen-bond acceptors (Lipinski definition) is 6. The molecule has 12 heteroatoms. The molecule has 1 aromatic rings. The number of carbonyl (C=O) groups excluding carboxylic acids is 1. The van der Waals surface area contributed by atoms with Gasteiger partial charge in [-0.15, -0.1) is 13.2 Å². The fraction of sp³-hybridized carbons (Fsp3) is 0.455. The van der Waals surface area contributed by atoms with Crippen LogP contribution in [0, 0.1) is 10.1 Å². The number of alkyl halides is 5. The number of aromatic nitrogens is 1. The van der Waals surface area contributed by atoms with E-state index in [2.05, 4.69) is 14.5 Å². The molecule has 0 aliphatic rings. The van der Waals surface area contributed by atoms with Crippen molar-refractivity contribution in [3.8, 4) is 5.75 Å². The van der Waals surface area contributed by atoms with E-state index < -0.39 is 52.8 Å². The van der Waals surface area contributed by atoms with E-state index in [1.54, 1.807) is 0 Å². The lowest BCUT2D eigenvalue weighted by atomic mass is 10.1. The van der Waals surface area contributed by atoms with Crippen LogP contribution in [0.3, 0.4) is 0 Å². The molecule has 0 aromatic carbocycles. The van der Waals surface area contributed by atoms with Crippen LogP contribution in [-0.2, 0) is 16.0 Å². The Morgan fingerprint density at radius 3 is 2.48 bits per heavy atom. The van der Waals surface area contributed by atoms with Crippen LogP contribution in [0.4, 0.5) is 27.8 Å². The Hall–Kier alpha value is -2.53. The zero-order valence-corrected chi connectivity index (χ0v) is 11.4. The van der Waals surface area contributed by atoms with Crippen molar-refractivity contribution < 1.29 is 41.1 Å². The molecule has 1 heterocycles. The predicted molar refractivity (Wildman–Crippen MR) is 62.9 cm³/mol. The third-order valence-electron chi connectivity index (χ3n) is 2.38. The highest BCUT2D eigenvalue weighted by Gasteiger charge is 2.38. The van der Waals surface area contributed by atoms with Gasteiger partial charge in [0.05, 0.1) is 13.0 Å². The van der Waals surface area contributed by atoms with Crippen LogP contribution >= 0.6 is 0 Å². The summed E-state index contributed by atoms with van der Waals surface area (Å²) in [7, 11) is 0. The first-order valence-corrected chi connectivity index (χ1v) is 5.92. The second kappa shape index (κ2) is 7.15. The summed E-state index contributed by atoms with van der Waals surface area (Å²) in [5.74, 6) is -3.89. The van der Waals surface area contributed by atoms with Crippen molar-refractivity contribution in [2.45, 2.75) is 26.1 Å². The number of nitro groups is 1. The van der Waals surface area contributed by atoms with E-state index >= 15 is 0 Å². The van der Waals surface area contributed by atoms with E-state index in [0.717, 1.165) is 0 Å². The summed E-state index contributed by atoms with van der Waals surface area (Å²) in [6.07, 6.45) is -9.74. The number of pyridine rings is 1. The Bertz CT molecular complexity index is 605. The van der Waals surface area contributed by atoms with Crippen molar-refractivity contribution in [2.75, 3.05) is 6.61 Å². The normalized spacial score (nSPS) is 11.4. The monoisotopic (exact) mass is 344 g/mol. The minimum atomic E-state index is -5.40. The van der Waals surface area contributed by atoms with Crippen LogP contribution in [0.15, 0.2) is 6.20 Å². The van der Waals surface area contributed by atoms with Crippen LogP contribution in [0.1, 0.15) is 24.5 Å². The van der Waals surface area contributed by atoms with Crippen molar-refractivity contribution in [1.82, 2.24) is 4.98 Å². The zero-order chi connectivity index (χ0) is 17.8. The Labute approximate surface area is 125 Å². The lowest BCUT2D eigenvalue weighted by Crippen LogP contribution is -2.21. The molecule has 0 saturated carbocycles. The summed E-state index contributed by atoms with van der Waals surface area (Å²) in [6.45, 7) is 1.22. The van der Waals surface area contributed by atoms with Gasteiger partial charge in [0.15, 0.2) is 11.9 Å². The van der Waals surface area contributed by atoms with Crippen molar-refractivity contribution >= 4 is 11.8 Å². The molecule has 0 saturated heterocycles. The second-order valence-electron chi connectivity index (χ2n) is 3.93. The van der Waals surface area contributed by atoms with Gasteiger partial charge in [0, 0.05) is 0 Å². The number of carbonyl (C=O) groups is 1. The van der Waals surface area contributed by atoms with E-state index in [-0.39, 0.29) is 12.8 Å². The Kier molecular flexibility index (Phi) is 5.76. The number of esters is 1. The third-order valence-corrected chi connectivity index (χ3v) is 2.38. The lowest BCUT2D eigenvalue weighted by Gasteiger charge is -2.15. The Morgan fingerprint density at radius 1 is 1.43 bits per heavy atom. The molecule has 1 aromatic heterocycles. The van der Waals surface area contributed by atoms with Crippen molar-refractivity contribution in [1.29, 1.82) is 0 Å². The molecule has 0 aliphatic heterocycles. The van der Waals surface area contributed by atoms with Gasteiger partial charge in [0.1, 0.15) is 11.1 Å². The Balaban J connectivity index is 3.52. The van der Waals surface area contributed by atoms with E-state index in [0.29, 0.717) is 0 Å². The number of halogens is 5. The fourth-order valence-electron chi connectivity index (χ4n) is 1.61. The van der Waals surface area contributed by atoms with Gasteiger partial charge in [0.2, 0.25) is 0 Å². The molecule has 128 valence electrons. The second-order valence-corrected chi connectivity index (χ2v) is 3.93.